The number of carbonyl (C=O) groups excluding carboxylic acids is 1. The molecule has 0 spiro atoms. The second-order valence-electron chi connectivity index (χ2n) is 2.90. The molecule has 1 aromatic rings. The number of rotatable bonds is 5. The Labute approximate surface area is 89.1 Å². The Bertz CT molecular complexity index is 325. The van der Waals surface area contributed by atoms with Crippen LogP contribution in [0.1, 0.15) is 22.8 Å². The Morgan fingerprint density at radius 2 is 2.13 bits per heavy atom. The van der Waals surface area contributed by atoms with Crippen LogP contribution in [-0.2, 0) is 16.1 Å². The topological polar surface area (TPSA) is 47.6 Å². The molecule has 0 unspecified atom stereocenters. The molecule has 1 rings (SSSR count). The SMILES string of the molecule is CCONCc1ccccc1C(=O)OC. The Morgan fingerprint density at radius 1 is 1.40 bits per heavy atom. The maximum atomic E-state index is 11.4. The van der Waals surface area contributed by atoms with Gasteiger partial charge in [0.15, 0.2) is 0 Å². The molecular formula is C11H15NO3. The molecule has 15 heavy (non-hydrogen) atoms. The van der Waals surface area contributed by atoms with Crippen molar-refractivity contribution in [1.82, 2.24) is 5.48 Å². The van der Waals surface area contributed by atoms with Crippen molar-refractivity contribution in [1.29, 1.82) is 0 Å². The van der Waals surface area contributed by atoms with E-state index in [-0.39, 0.29) is 5.97 Å². The van der Waals surface area contributed by atoms with Crippen molar-refractivity contribution >= 4 is 5.97 Å². The van der Waals surface area contributed by atoms with Crippen LogP contribution in [0.25, 0.3) is 0 Å². The molecule has 1 aromatic carbocycles. The van der Waals surface area contributed by atoms with Gasteiger partial charge in [0.25, 0.3) is 0 Å². The van der Waals surface area contributed by atoms with Gasteiger partial charge in [-0.15, -0.1) is 0 Å². The first kappa shape index (κ1) is 11.7. The van der Waals surface area contributed by atoms with E-state index in [9.17, 15) is 4.79 Å². The third-order valence-corrected chi connectivity index (χ3v) is 1.93. The van der Waals surface area contributed by atoms with Crippen molar-refractivity contribution in [2.45, 2.75) is 13.5 Å². The quantitative estimate of drug-likeness (QED) is 0.453. The van der Waals surface area contributed by atoms with Crippen molar-refractivity contribution in [2.24, 2.45) is 0 Å². The molecule has 4 heteroatoms. The van der Waals surface area contributed by atoms with Gasteiger partial charge in [-0.2, -0.15) is 5.48 Å². The number of hydrogen-bond acceptors (Lipinski definition) is 4. The summed E-state index contributed by atoms with van der Waals surface area (Å²) in [6, 6.07) is 7.26. The molecule has 0 saturated carbocycles. The Morgan fingerprint density at radius 3 is 2.80 bits per heavy atom. The monoisotopic (exact) mass is 209 g/mol. The van der Waals surface area contributed by atoms with Crippen LogP contribution in [0.3, 0.4) is 0 Å². The molecule has 1 N–H and O–H groups in total. The van der Waals surface area contributed by atoms with Gasteiger partial charge in [0.05, 0.1) is 19.3 Å². The van der Waals surface area contributed by atoms with Crippen molar-refractivity contribution in [3.8, 4) is 0 Å². The van der Waals surface area contributed by atoms with Crippen LogP contribution in [-0.4, -0.2) is 19.7 Å². The zero-order chi connectivity index (χ0) is 11.1. The number of hydroxylamine groups is 1. The number of methoxy groups -OCH3 is 1. The molecule has 0 radical (unpaired) electrons. The molecule has 0 fully saturated rings. The molecule has 0 atom stereocenters. The Kier molecular flexibility index (Phi) is 4.80. The predicted molar refractivity (Wildman–Crippen MR) is 56.2 cm³/mol. The van der Waals surface area contributed by atoms with E-state index in [1.807, 2.05) is 19.1 Å². The summed E-state index contributed by atoms with van der Waals surface area (Å²) >= 11 is 0. The van der Waals surface area contributed by atoms with E-state index in [4.69, 9.17) is 4.84 Å². The minimum Gasteiger partial charge on any atom is -0.465 e. The fourth-order valence-corrected chi connectivity index (χ4v) is 1.21. The lowest BCUT2D eigenvalue weighted by Crippen LogP contribution is -2.16. The minimum absolute atomic E-state index is 0.330. The minimum atomic E-state index is -0.330. The molecule has 0 saturated heterocycles. The third-order valence-electron chi connectivity index (χ3n) is 1.93. The maximum Gasteiger partial charge on any atom is 0.338 e. The number of ether oxygens (including phenoxy) is 1. The molecule has 0 aromatic heterocycles. The molecule has 0 aliphatic carbocycles. The first-order valence-electron chi connectivity index (χ1n) is 4.80. The molecule has 0 amide bonds. The smallest absolute Gasteiger partial charge is 0.338 e. The number of hydrogen-bond donors (Lipinski definition) is 1. The maximum absolute atomic E-state index is 11.4. The van der Waals surface area contributed by atoms with E-state index in [0.29, 0.717) is 18.7 Å². The molecule has 82 valence electrons. The summed E-state index contributed by atoms with van der Waals surface area (Å²) in [5.41, 5.74) is 4.18. The first-order valence-corrected chi connectivity index (χ1v) is 4.80. The van der Waals surface area contributed by atoms with Gasteiger partial charge in [-0.25, -0.2) is 4.79 Å². The summed E-state index contributed by atoms with van der Waals surface area (Å²) in [4.78, 5) is 16.4. The van der Waals surface area contributed by atoms with Crippen molar-refractivity contribution in [2.75, 3.05) is 13.7 Å². The number of benzene rings is 1. The van der Waals surface area contributed by atoms with E-state index in [1.54, 1.807) is 12.1 Å². The predicted octanol–water partition coefficient (Wildman–Crippen LogP) is 1.51. The second kappa shape index (κ2) is 6.16. The summed E-state index contributed by atoms with van der Waals surface area (Å²) in [6.45, 7) is 2.96. The normalized spacial score (nSPS) is 10.0. The first-order chi connectivity index (χ1) is 7.29. The van der Waals surface area contributed by atoms with Gasteiger partial charge in [0.1, 0.15) is 0 Å². The molecule has 4 nitrogen and oxygen atoms in total. The zero-order valence-electron chi connectivity index (χ0n) is 8.95. The summed E-state index contributed by atoms with van der Waals surface area (Å²) < 4.78 is 4.68. The van der Waals surface area contributed by atoms with Crippen LogP contribution < -0.4 is 5.48 Å². The van der Waals surface area contributed by atoms with Gasteiger partial charge in [-0.3, -0.25) is 0 Å². The highest BCUT2D eigenvalue weighted by Gasteiger charge is 2.09. The highest BCUT2D eigenvalue weighted by atomic mass is 16.6. The van der Waals surface area contributed by atoms with E-state index >= 15 is 0 Å². The van der Waals surface area contributed by atoms with Crippen molar-refractivity contribution in [3.05, 3.63) is 35.4 Å². The van der Waals surface area contributed by atoms with Gasteiger partial charge >= 0.3 is 5.97 Å². The number of nitrogens with one attached hydrogen (secondary N) is 1. The molecule has 0 aliphatic heterocycles. The lowest BCUT2D eigenvalue weighted by Gasteiger charge is -2.08. The Balaban J connectivity index is 2.73. The number of esters is 1. The van der Waals surface area contributed by atoms with Crippen LogP contribution in [0.5, 0.6) is 0 Å². The number of carbonyl (C=O) groups is 1. The van der Waals surface area contributed by atoms with Crippen LogP contribution >= 0.6 is 0 Å². The van der Waals surface area contributed by atoms with Gasteiger partial charge in [0, 0.05) is 6.54 Å². The van der Waals surface area contributed by atoms with Crippen molar-refractivity contribution in [3.63, 3.8) is 0 Å². The van der Waals surface area contributed by atoms with Gasteiger partial charge in [0.2, 0.25) is 0 Å². The van der Waals surface area contributed by atoms with E-state index in [0.717, 1.165) is 5.56 Å². The largest absolute Gasteiger partial charge is 0.465 e. The van der Waals surface area contributed by atoms with E-state index in [2.05, 4.69) is 10.2 Å². The molecule has 0 heterocycles. The van der Waals surface area contributed by atoms with Gasteiger partial charge in [-0.05, 0) is 18.6 Å². The highest BCUT2D eigenvalue weighted by molar-refractivity contribution is 5.90. The summed E-state index contributed by atoms with van der Waals surface area (Å²) in [6.07, 6.45) is 0. The van der Waals surface area contributed by atoms with Crippen LogP contribution in [0.15, 0.2) is 24.3 Å². The third kappa shape index (κ3) is 3.34. The fourth-order valence-electron chi connectivity index (χ4n) is 1.21. The lowest BCUT2D eigenvalue weighted by molar-refractivity contribution is 0.0454. The molecule has 0 aliphatic rings. The van der Waals surface area contributed by atoms with Crippen LogP contribution in [0, 0.1) is 0 Å². The highest BCUT2D eigenvalue weighted by Crippen LogP contribution is 2.09. The Hall–Kier alpha value is -1.39. The van der Waals surface area contributed by atoms with Crippen LogP contribution in [0.2, 0.25) is 0 Å². The van der Waals surface area contributed by atoms with E-state index in [1.165, 1.54) is 7.11 Å². The summed E-state index contributed by atoms with van der Waals surface area (Å²) in [7, 11) is 1.37. The average Bonchev–Trinajstić information content (AvgIpc) is 2.29. The average molecular weight is 209 g/mol. The molecule has 0 bridgehead atoms. The standard InChI is InChI=1S/C11H15NO3/c1-3-15-12-8-9-6-4-5-7-10(9)11(13)14-2/h4-7,12H,3,8H2,1-2H3. The molecular weight excluding hydrogens is 194 g/mol. The van der Waals surface area contributed by atoms with E-state index < -0.39 is 0 Å². The van der Waals surface area contributed by atoms with Crippen LogP contribution in [0.4, 0.5) is 0 Å². The fraction of sp³-hybridized carbons (Fsp3) is 0.364. The second-order valence-corrected chi connectivity index (χ2v) is 2.90. The lowest BCUT2D eigenvalue weighted by atomic mass is 10.1. The summed E-state index contributed by atoms with van der Waals surface area (Å²) in [5, 5.41) is 0. The van der Waals surface area contributed by atoms with Crippen molar-refractivity contribution < 1.29 is 14.4 Å². The summed E-state index contributed by atoms with van der Waals surface area (Å²) in [5.74, 6) is -0.330. The van der Waals surface area contributed by atoms with Gasteiger partial charge < -0.3 is 9.57 Å². The van der Waals surface area contributed by atoms with Gasteiger partial charge in [-0.1, -0.05) is 18.2 Å². The zero-order valence-corrected chi connectivity index (χ0v) is 8.95.